The van der Waals surface area contributed by atoms with Crippen molar-refractivity contribution in [2.24, 2.45) is 0 Å². The highest BCUT2D eigenvalue weighted by Crippen LogP contribution is 2.40. The summed E-state index contributed by atoms with van der Waals surface area (Å²) in [6.45, 7) is 12.8. The van der Waals surface area contributed by atoms with Gasteiger partial charge in [-0.1, -0.05) is 30.3 Å². The van der Waals surface area contributed by atoms with Crippen LogP contribution in [0.1, 0.15) is 66.4 Å². The maximum absolute atomic E-state index is 12.8. The van der Waals surface area contributed by atoms with E-state index in [-0.39, 0.29) is 17.0 Å². The first-order valence-corrected chi connectivity index (χ1v) is 9.31. The van der Waals surface area contributed by atoms with Crippen molar-refractivity contribution < 1.29 is 14.4 Å². The Morgan fingerprint density at radius 3 is 2.20 bits per heavy atom. The highest BCUT2D eigenvalue weighted by Gasteiger charge is 2.48. The zero-order valence-corrected chi connectivity index (χ0v) is 16.6. The van der Waals surface area contributed by atoms with Crippen molar-refractivity contribution in [1.29, 1.82) is 0 Å². The summed E-state index contributed by atoms with van der Waals surface area (Å²) in [7, 11) is 0. The Bertz CT molecular complexity index is 566. The molecule has 2 rings (SSSR count). The van der Waals surface area contributed by atoms with Gasteiger partial charge in [0.2, 0.25) is 0 Å². The van der Waals surface area contributed by atoms with E-state index in [0.717, 1.165) is 24.8 Å². The fourth-order valence-corrected chi connectivity index (χ4v) is 3.84. The molecule has 0 aliphatic carbocycles. The monoisotopic (exact) mass is 347 g/mol. The summed E-state index contributed by atoms with van der Waals surface area (Å²) in [6, 6.07) is 9.98. The summed E-state index contributed by atoms with van der Waals surface area (Å²) in [5, 5.41) is 2.04. The average Bonchev–Trinajstić information content (AvgIpc) is 2.52. The van der Waals surface area contributed by atoms with Gasteiger partial charge in [0.25, 0.3) is 0 Å². The van der Waals surface area contributed by atoms with Crippen molar-refractivity contribution in [1.82, 2.24) is 5.06 Å². The van der Waals surface area contributed by atoms with Gasteiger partial charge in [0.1, 0.15) is 0 Å². The van der Waals surface area contributed by atoms with Gasteiger partial charge in [0.05, 0.1) is 6.61 Å². The van der Waals surface area contributed by atoms with Gasteiger partial charge in [-0.15, -0.1) is 0 Å². The number of hydrogen-bond donors (Lipinski definition) is 0. The zero-order chi connectivity index (χ0) is 18.7. The molecule has 1 fully saturated rings. The number of carbonyl (C=O) groups excluding carboxylic acids is 1. The lowest BCUT2D eigenvalue weighted by molar-refractivity contribution is -0.328. The lowest BCUT2D eigenvalue weighted by Gasteiger charge is -2.53. The topological polar surface area (TPSA) is 38.8 Å². The maximum Gasteiger partial charge on any atom is 0.340 e. The van der Waals surface area contributed by atoms with Crippen molar-refractivity contribution in [3.63, 3.8) is 0 Å². The van der Waals surface area contributed by atoms with E-state index in [2.05, 4.69) is 27.7 Å². The van der Waals surface area contributed by atoms with Crippen molar-refractivity contribution in [3.05, 3.63) is 35.9 Å². The molecular weight excluding hydrogens is 314 g/mol. The Hall–Kier alpha value is -1.39. The van der Waals surface area contributed by atoms with E-state index in [0.29, 0.717) is 13.0 Å². The lowest BCUT2D eigenvalue weighted by Crippen LogP contribution is -2.62. The van der Waals surface area contributed by atoms with Gasteiger partial charge in [0.15, 0.2) is 5.60 Å². The predicted octanol–water partition coefficient (Wildman–Crippen LogP) is 4.53. The van der Waals surface area contributed by atoms with Crippen LogP contribution in [0, 0.1) is 0 Å². The number of nitrogens with zero attached hydrogens (tertiary/aromatic N) is 1. The van der Waals surface area contributed by atoms with E-state index in [1.54, 1.807) is 0 Å². The number of hydrogen-bond acceptors (Lipinski definition) is 4. The Morgan fingerprint density at radius 1 is 1.12 bits per heavy atom. The van der Waals surface area contributed by atoms with Gasteiger partial charge in [-0.2, -0.15) is 5.06 Å². The molecule has 1 saturated heterocycles. The smallest absolute Gasteiger partial charge is 0.340 e. The Morgan fingerprint density at radius 2 is 1.68 bits per heavy atom. The zero-order valence-electron chi connectivity index (χ0n) is 16.6. The van der Waals surface area contributed by atoms with E-state index < -0.39 is 5.60 Å². The molecule has 1 unspecified atom stereocenters. The Labute approximate surface area is 152 Å². The standard InChI is InChI=1S/C21H33NO3/c1-7-24-18(23)21(6,16-17-12-9-8-10-13-17)25-22-19(2,3)14-11-15-20(22,4)5/h8-10,12-13H,7,11,14-16H2,1-6H3. The number of hydroxylamine groups is 2. The molecule has 1 heterocycles. The van der Waals surface area contributed by atoms with E-state index in [4.69, 9.17) is 9.57 Å². The number of piperidine rings is 1. The molecular formula is C21H33NO3. The van der Waals surface area contributed by atoms with E-state index in [1.165, 1.54) is 0 Å². The fourth-order valence-electron chi connectivity index (χ4n) is 3.84. The molecule has 0 spiro atoms. The third kappa shape index (κ3) is 4.62. The van der Waals surface area contributed by atoms with Crippen molar-refractivity contribution in [2.45, 2.75) is 83.9 Å². The minimum atomic E-state index is -1.05. The van der Waals surface area contributed by atoms with E-state index in [1.807, 2.05) is 49.2 Å². The minimum Gasteiger partial charge on any atom is -0.464 e. The molecule has 1 aromatic carbocycles. The molecule has 0 saturated carbocycles. The van der Waals surface area contributed by atoms with Gasteiger partial charge >= 0.3 is 5.97 Å². The number of esters is 1. The highest BCUT2D eigenvalue weighted by molar-refractivity contribution is 5.79. The Balaban J connectivity index is 2.33. The molecule has 0 amide bonds. The van der Waals surface area contributed by atoms with Gasteiger partial charge in [-0.25, -0.2) is 4.79 Å². The summed E-state index contributed by atoms with van der Waals surface area (Å²) in [5.74, 6) is -0.309. The third-order valence-corrected chi connectivity index (χ3v) is 5.06. The molecule has 1 aromatic rings. The van der Waals surface area contributed by atoms with Crippen LogP contribution in [0.3, 0.4) is 0 Å². The molecule has 140 valence electrons. The molecule has 1 atom stereocenters. The molecule has 0 radical (unpaired) electrons. The van der Waals surface area contributed by atoms with Crippen LogP contribution in [0.25, 0.3) is 0 Å². The van der Waals surface area contributed by atoms with Crippen LogP contribution in [-0.4, -0.2) is 34.3 Å². The summed E-state index contributed by atoms with van der Waals surface area (Å²) in [4.78, 5) is 19.3. The van der Waals surface area contributed by atoms with E-state index >= 15 is 0 Å². The second-order valence-electron chi connectivity index (χ2n) is 8.48. The van der Waals surface area contributed by atoms with Crippen LogP contribution < -0.4 is 0 Å². The van der Waals surface area contributed by atoms with Crippen LogP contribution in [0.5, 0.6) is 0 Å². The van der Waals surface area contributed by atoms with Crippen LogP contribution >= 0.6 is 0 Å². The van der Waals surface area contributed by atoms with Gasteiger partial charge in [-0.05, 0) is 66.4 Å². The quantitative estimate of drug-likeness (QED) is 0.709. The van der Waals surface area contributed by atoms with Gasteiger partial charge in [-0.3, -0.25) is 4.84 Å². The number of benzene rings is 1. The first-order chi connectivity index (χ1) is 11.6. The van der Waals surface area contributed by atoms with Crippen LogP contribution in [-0.2, 0) is 20.8 Å². The van der Waals surface area contributed by atoms with Crippen molar-refractivity contribution in [2.75, 3.05) is 6.61 Å². The van der Waals surface area contributed by atoms with Crippen LogP contribution in [0.4, 0.5) is 0 Å². The first kappa shape index (κ1) is 19.9. The number of rotatable bonds is 6. The second kappa shape index (κ2) is 7.46. The predicted molar refractivity (Wildman–Crippen MR) is 100 cm³/mol. The first-order valence-electron chi connectivity index (χ1n) is 9.31. The molecule has 0 bridgehead atoms. The summed E-state index contributed by atoms with van der Waals surface area (Å²) in [6.07, 6.45) is 3.73. The molecule has 4 nitrogen and oxygen atoms in total. The van der Waals surface area contributed by atoms with Crippen molar-refractivity contribution >= 4 is 5.97 Å². The molecule has 1 aliphatic rings. The van der Waals surface area contributed by atoms with Gasteiger partial charge in [0, 0.05) is 17.5 Å². The summed E-state index contributed by atoms with van der Waals surface area (Å²) in [5.41, 5.74) is -0.257. The minimum absolute atomic E-state index is 0.133. The molecule has 1 aliphatic heterocycles. The molecule has 4 heteroatoms. The summed E-state index contributed by atoms with van der Waals surface area (Å²) >= 11 is 0. The number of carbonyl (C=O) groups is 1. The second-order valence-corrected chi connectivity index (χ2v) is 8.48. The van der Waals surface area contributed by atoms with Gasteiger partial charge < -0.3 is 4.74 Å². The van der Waals surface area contributed by atoms with Crippen molar-refractivity contribution in [3.8, 4) is 0 Å². The SMILES string of the molecule is CCOC(=O)C(C)(Cc1ccccc1)ON1C(C)(C)CCCC1(C)C. The van der Waals surface area contributed by atoms with Crippen LogP contribution in [0.2, 0.25) is 0 Å². The summed E-state index contributed by atoms with van der Waals surface area (Å²) < 4.78 is 5.37. The highest BCUT2D eigenvalue weighted by atomic mass is 16.7. The van der Waals surface area contributed by atoms with Crippen LogP contribution in [0.15, 0.2) is 30.3 Å². The molecule has 25 heavy (non-hydrogen) atoms. The number of ether oxygens (including phenoxy) is 1. The fraction of sp³-hybridized carbons (Fsp3) is 0.667. The Kier molecular flexibility index (Phi) is 5.95. The largest absolute Gasteiger partial charge is 0.464 e. The molecule has 0 N–H and O–H groups in total. The van der Waals surface area contributed by atoms with E-state index in [9.17, 15) is 4.79 Å². The third-order valence-electron chi connectivity index (χ3n) is 5.06. The maximum atomic E-state index is 12.8. The molecule has 0 aromatic heterocycles. The average molecular weight is 347 g/mol. The lowest BCUT2D eigenvalue weighted by atomic mass is 9.82. The normalized spacial score (nSPS) is 22.2.